The first-order valence-electron chi connectivity index (χ1n) is 5.66. The van der Waals surface area contributed by atoms with Crippen molar-refractivity contribution in [1.29, 1.82) is 0 Å². The van der Waals surface area contributed by atoms with Gasteiger partial charge in [-0.25, -0.2) is 13.1 Å². The molecule has 1 atom stereocenters. The smallest absolute Gasteiger partial charge is 0.250 e. The van der Waals surface area contributed by atoms with Crippen LogP contribution in [0.15, 0.2) is 10.3 Å². The molecule has 2 N–H and O–H groups in total. The molecule has 0 aliphatic carbocycles. The molecule has 0 saturated carbocycles. The molecule has 1 rings (SSSR count). The van der Waals surface area contributed by atoms with E-state index in [0.29, 0.717) is 16.7 Å². The Morgan fingerprint density at radius 3 is 2.56 bits per heavy atom. The minimum Gasteiger partial charge on any atom is -0.392 e. The van der Waals surface area contributed by atoms with Crippen LogP contribution >= 0.6 is 22.9 Å². The lowest BCUT2D eigenvalue weighted by molar-refractivity contribution is 0.152. The van der Waals surface area contributed by atoms with Gasteiger partial charge in [-0.1, -0.05) is 25.4 Å². The van der Waals surface area contributed by atoms with Crippen molar-refractivity contribution in [2.24, 2.45) is 5.92 Å². The van der Waals surface area contributed by atoms with Crippen LogP contribution in [0, 0.1) is 12.8 Å². The summed E-state index contributed by atoms with van der Waals surface area (Å²) in [7, 11) is -3.57. The summed E-state index contributed by atoms with van der Waals surface area (Å²) in [5, 5.41) is 9.64. The summed E-state index contributed by atoms with van der Waals surface area (Å²) in [6.07, 6.45) is -0.108. The molecule has 0 aromatic carbocycles. The van der Waals surface area contributed by atoms with Crippen molar-refractivity contribution in [2.45, 2.75) is 37.5 Å². The highest BCUT2D eigenvalue weighted by Gasteiger charge is 2.19. The first kappa shape index (κ1) is 15.9. The maximum absolute atomic E-state index is 11.9. The van der Waals surface area contributed by atoms with E-state index in [1.165, 1.54) is 6.07 Å². The van der Waals surface area contributed by atoms with E-state index in [1.54, 1.807) is 6.92 Å². The zero-order valence-corrected chi connectivity index (χ0v) is 13.0. The molecule has 7 heteroatoms. The second kappa shape index (κ2) is 6.34. The number of nitrogens with one attached hydrogen (secondary N) is 1. The minimum atomic E-state index is -3.57. The van der Waals surface area contributed by atoms with E-state index >= 15 is 0 Å². The van der Waals surface area contributed by atoms with Crippen molar-refractivity contribution in [3.8, 4) is 0 Å². The lowest BCUT2D eigenvalue weighted by Gasteiger charge is -2.13. The summed E-state index contributed by atoms with van der Waals surface area (Å²) < 4.78 is 26.9. The molecule has 0 saturated heterocycles. The average Bonchev–Trinajstić information content (AvgIpc) is 2.56. The van der Waals surface area contributed by atoms with Crippen LogP contribution in [0.2, 0.25) is 4.34 Å². The van der Waals surface area contributed by atoms with E-state index in [1.807, 2.05) is 13.8 Å². The van der Waals surface area contributed by atoms with Gasteiger partial charge in [0.15, 0.2) is 0 Å². The van der Waals surface area contributed by atoms with E-state index in [9.17, 15) is 13.5 Å². The zero-order valence-electron chi connectivity index (χ0n) is 10.6. The Bertz CT molecular complexity index is 477. The fourth-order valence-electron chi connectivity index (χ4n) is 1.47. The van der Waals surface area contributed by atoms with Crippen LogP contribution in [0.1, 0.15) is 25.8 Å². The molecular weight excluding hydrogens is 294 g/mol. The van der Waals surface area contributed by atoms with Crippen LogP contribution in [-0.2, 0) is 10.0 Å². The average molecular weight is 312 g/mol. The fraction of sp³-hybridized carbons (Fsp3) is 0.636. The first-order valence-corrected chi connectivity index (χ1v) is 8.33. The third-order valence-corrected chi connectivity index (χ3v) is 5.80. The van der Waals surface area contributed by atoms with Crippen molar-refractivity contribution < 1.29 is 13.5 Å². The summed E-state index contributed by atoms with van der Waals surface area (Å²) in [6, 6.07) is 1.53. The summed E-state index contributed by atoms with van der Waals surface area (Å²) >= 11 is 6.86. The monoisotopic (exact) mass is 311 g/mol. The molecule has 0 amide bonds. The van der Waals surface area contributed by atoms with Crippen LogP contribution in [0.5, 0.6) is 0 Å². The Kier molecular flexibility index (Phi) is 5.61. The number of hydrogen-bond acceptors (Lipinski definition) is 4. The van der Waals surface area contributed by atoms with Gasteiger partial charge in [-0.3, -0.25) is 0 Å². The highest BCUT2D eigenvalue weighted by Crippen LogP contribution is 2.29. The maximum Gasteiger partial charge on any atom is 0.250 e. The number of aliphatic hydroxyl groups is 1. The second-order valence-corrected chi connectivity index (χ2v) is 8.31. The van der Waals surface area contributed by atoms with E-state index in [2.05, 4.69) is 4.72 Å². The normalized spacial score (nSPS) is 14.1. The molecule has 4 nitrogen and oxygen atoms in total. The maximum atomic E-state index is 11.9. The molecular formula is C11H18ClNO3S2. The number of hydrogen-bond donors (Lipinski definition) is 2. The number of rotatable bonds is 6. The predicted octanol–water partition coefficient (Wildman–Crippen LogP) is 2.40. The summed E-state index contributed by atoms with van der Waals surface area (Å²) in [4.78, 5) is 0. The van der Waals surface area contributed by atoms with Crippen LogP contribution in [0.25, 0.3) is 0 Å². The van der Waals surface area contributed by atoms with Crippen molar-refractivity contribution in [3.05, 3.63) is 16.0 Å². The Hall–Kier alpha value is -0.140. The fourth-order valence-corrected chi connectivity index (χ4v) is 4.29. The van der Waals surface area contributed by atoms with Gasteiger partial charge < -0.3 is 5.11 Å². The standard InChI is InChI=1S/C11H18ClNO3S2/c1-7(2)4-9(14)6-13-18(15,16)10-5-8(3)11(12)17-10/h5,7,9,13-14H,4,6H2,1-3H3. The lowest BCUT2D eigenvalue weighted by atomic mass is 10.1. The van der Waals surface area contributed by atoms with Gasteiger partial charge >= 0.3 is 0 Å². The van der Waals surface area contributed by atoms with E-state index in [4.69, 9.17) is 11.6 Å². The molecule has 1 heterocycles. The first-order chi connectivity index (χ1) is 8.22. The molecule has 1 aromatic rings. The van der Waals surface area contributed by atoms with Crippen molar-refractivity contribution >= 4 is 33.0 Å². The number of thiophene rings is 1. The Morgan fingerprint density at radius 1 is 1.50 bits per heavy atom. The summed E-state index contributed by atoms with van der Waals surface area (Å²) in [5.74, 6) is 0.322. The highest BCUT2D eigenvalue weighted by molar-refractivity contribution is 7.91. The predicted molar refractivity (Wildman–Crippen MR) is 74.7 cm³/mol. The van der Waals surface area contributed by atoms with Gasteiger partial charge in [-0.05, 0) is 30.9 Å². The van der Waals surface area contributed by atoms with Crippen LogP contribution < -0.4 is 4.72 Å². The van der Waals surface area contributed by atoms with Crippen molar-refractivity contribution in [1.82, 2.24) is 4.72 Å². The zero-order chi connectivity index (χ0) is 13.9. The largest absolute Gasteiger partial charge is 0.392 e. The van der Waals surface area contributed by atoms with Gasteiger partial charge in [0.05, 0.1) is 10.4 Å². The van der Waals surface area contributed by atoms with Gasteiger partial charge in [0.25, 0.3) is 0 Å². The lowest BCUT2D eigenvalue weighted by Crippen LogP contribution is -2.32. The third-order valence-electron chi connectivity index (χ3n) is 2.35. The highest BCUT2D eigenvalue weighted by atomic mass is 35.5. The third kappa shape index (κ3) is 4.51. The molecule has 0 aliphatic rings. The van der Waals surface area contributed by atoms with E-state index in [-0.39, 0.29) is 10.8 Å². The Morgan fingerprint density at radius 2 is 2.11 bits per heavy atom. The molecule has 104 valence electrons. The van der Waals surface area contributed by atoms with Crippen LogP contribution in [0.4, 0.5) is 0 Å². The van der Waals surface area contributed by atoms with Gasteiger partial charge in [-0.15, -0.1) is 11.3 Å². The molecule has 0 fully saturated rings. The Balaban J connectivity index is 2.66. The number of sulfonamides is 1. The van der Waals surface area contributed by atoms with Crippen LogP contribution in [-0.4, -0.2) is 26.2 Å². The van der Waals surface area contributed by atoms with Crippen molar-refractivity contribution in [3.63, 3.8) is 0 Å². The van der Waals surface area contributed by atoms with Crippen molar-refractivity contribution in [2.75, 3.05) is 6.54 Å². The second-order valence-electron chi connectivity index (χ2n) is 4.66. The van der Waals surface area contributed by atoms with Gasteiger partial charge in [0, 0.05) is 6.54 Å². The van der Waals surface area contributed by atoms with E-state index in [0.717, 1.165) is 16.9 Å². The molecule has 0 bridgehead atoms. The summed E-state index contributed by atoms with van der Waals surface area (Å²) in [5.41, 5.74) is 0.741. The number of aliphatic hydroxyl groups excluding tert-OH is 1. The van der Waals surface area contributed by atoms with Crippen LogP contribution in [0.3, 0.4) is 0 Å². The molecule has 1 unspecified atom stereocenters. The van der Waals surface area contributed by atoms with Gasteiger partial charge in [0.1, 0.15) is 4.21 Å². The SMILES string of the molecule is Cc1cc(S(=O)(=O)NCC(O)CC(C)C)sc1Cl. The quantitative estimate of drug-likeness (QED) is 0.847. The Labute approximate surface area is 117 Å². The summed E-state index contributed by atoms with van der Waals surface area (Å²) in [6.45, 7) is 5.72. The van der Waals surface area contributed by atoms with Gasteiger partial charge in [0.2, 0.25) is 10.0 Å². The van der Waals surface area contributed by atoms with E-state index < -0.39 is 16.1 Å². The molecule has 18 heavy (non-hydrogen) atoms. The molecule has 1 aromatic heterocycles. The molecule has 0 aliphatic heterocycles. The molecule has 0 spiro atoms. The molecule has 0 radical (unpaired) electrons. The van der Waals surface area contributed by atoms with Gasteiger partial charge in [-0.2, -0.15) is 0 Å². The minimum absolute atomic E-state index is 0.0229. The topological polar surface area (TPSA) is 66.4 Å². The number of aryl methyl sites for hydroxylation is 1. The number of halogens is 1.